The molecule has 2 heteroatoms. The molecule has 0 saturated carbocycles. The highest BCUT2D eigenvalue weighted by molar-refractivity contribution is 4.91. The fraction of sp³-hybridized carbons (Fsp3) is 1.00. The third-order valence-electron chi connectivity index (χ3n) is 2.66. The first-order chi connectivity index (χ1) is 4.66. The largest absolute Gasteiger partial charge is 0.326 e. The summed E-state index contributed by atoms with van der Waals surface area (Å²) >= 11 is 0. The summed E-state index contributed by atoms with van der Waals surface area (Å²) in [5.74, 6) is 0.676. The van der Waals surface area contributed by atoms with E-state index in [1.807, 2.05) is 0 Å². The highest BCUT2D eigenvalue weighted by Gasteiger charge is 2.32. The Labute approximate surface area is 63.4 Å². The van der Waals surface area contributed by atoms with Crippen molar-refractivity contribution in [1.82, 2.24) is 4.90 Å². The molecule has 0 aromatic heterocycles. The Balaban J connectivity index is 2.55. The molecule has 2 nitrogen and oxygen atoms in total. The molecule has 1 saturated heterocycles. The molecule has 0 bridgehead atoms. The maximum absolute atomic E-state index is 5.98. The Morgan fingerprint density at radius 2 is 2.20 bits per heavy atom. The molecular weight excluding hydrogens is 124 g/mol. The molecule has 2 N–H and O–H groups in total. The van der Waals surface area contributed by atoms with Gasteiger partial charge < -0.3 is 10.6 Å². The van der Waals surface area contributed by atoms with Gasteiger partial charge >= 0.3 is 0 Å². The Morgan fingerprint density at radius 1 is 1.60 bits per heavy atom. The number of hydrogen-bond donors (Lipinski definition) is 1. The van der Waals surface area contributed by atoms with Gasteiger partial charge in [0.1, 0.15) is 0 Å². The number of likely N-dealkylation sites (N-methyl/N-ethyl adjacent to an activating group) is 1. The minimum absolute atomic E-state index is 0.398. The SMILES string of the molecule is CCC1C(N)C(C)CN1C. The van der Waals surface area contributed by atoms with Crippen LogP contribution in [0.15, 0.2) is 0 Å². The summed E-state index contributed by atoms with van der Waals surface area (Å²) in [6, 6.07) is 1.02. The lowest BCUT2D eigenvalue weighted by Gasteiger charge is -2.20. The first kappa shape index (κ1) is 8.02. The second-order valence-electron chi connectivity index (χ2n) is 3.47. The molecular formula is C8H18N2. The maximum Gasteiger partial charge on any atom is 0.0244 e. The van der Waals surface area contributed by atoms with Crippen LogP contribution in [0.2, 0.25) is 0 Å². The Kier molecular flexibility index (Phi) is 2.32. The second-order valence-corrected chi connectivity index (χ2v) is 3.47. The predicted octanol–water partition coefficient (Wildman–Crippen LogP) is 0.674. The molecule has 3 unspecified atom stereocenters. The van der Waals surface area contributed by atoms with Crippen molar-refractivity contribution in [3.63, 3.8) is 0 Å². The number of rotatable bonds is 1. The minimum Gasteiger partial charge on any atom is -0.326 e. The van der Waals surface area contributed by atoms with Gasteiger partial charge in [0.25, 0.3) is 0 Å². The van der Waals surface area contributed by atoms with Crippen LogP contribution < -0.4 is 5.73 Å². The van der Waals surface area contributed by atoms with Gasteiger partial charge in [0.2, 0.25) is 0 Å². The summed E-state index contributed by atoms with van der Waals surface area (Å²) < 4.78 is 0. The van der Waals surface area contributed by atoms with E-state index in [4.69, 9.17) is 5.73 Å². The van der Waals surface area contributed by atoms with Crippen molar-refractivity contribution in [2.45, 2.75) is 32.4 Å². The summed E-state index contributed by atoms with van der Waals surface area (Å²) in [6.45, 7) is 5.61. The van der Waals surface area contributed by atoms with Gasteiger partial charge in [-0.15, -0.1) is 0 Å². The molecule has 1 fully saturated rings. The van der Waals surface area contributed by atoms with Crippen molar-refractivity contribution in [3.05, 3.63) is 0 Å². The van der Waals surface area contributed by atoms with E-state index in [0.29, 0.717) is 18.0 Å². The van der Waals surface area contributed by atoms with Crippen molar-refractivity contribution < 1.29 is 0 Å². The Hall–Kier alpha value is -0.0800. The molecule has 1 aliphatic rings. The second kappa shape index (κ2) is 2.89. The standard InChI is InChI=1S/C8H18N2/c1-4-7-8(9)6(2)5-10(7)3/h6-8H,4-5,9H2,1-3H3. The molecule has 3 atom stereocenters. The molecule has 0 aromatic carbocycles. The molecule has 0 aliphatic carbocycles. The molecule has 0 aromatic rings. The van der Waals surface area contributed by atoms with Gasteiger partial charge in [-0.05, 0) is 19.4 Å². The van der Waals surface area contributed by atoms with Crippen LogP contribution in [0, 0.1) is 5.92 Å². The van der Waals surface area contributed by atoms with Crippen LogP contribution in [0.3, 0.4) is 0 Å². The van der Waals surface area contributed by atoms with E-state index < -0.39 is 0 Å². The van der Waals surface area contributed by atoms with Crippen LogP contribution in [0.4, 0.5) is 0 Å². The maximum atomic E-state index is 5.98. The molecule has 1 heterocycles. The fourth-order valence-corrected chi connectivity index (χ4v) is 1.97. The van der Waals surface area contributed by atoms with Crippen LogP contribution in [-0.4, -0.2) is 30.6 Å². The molecule has 0 amide bonds. The summed E-state index contributed by atoms with van der Waals surface area (Å²) in [5, 5.41) is 0. The lowest BCUT2D eigenvalue weighted by atomic mass is 10.0. The number of hydrogen-bond acceptors (Lipinski definition) is 2. The minimum atomic E-state index is 0.398. The average Bonchev–Trinajstić information content (AvgIpc) is 2.09. The zero-order valence-corrected chi connectivity index (χ0v) is 7.17. The fourth-order valence-electron chi connectivity index (χ4n) is 1.97. The summed E-state index contributed by atoms with van der Waals surface area (Å²) in [5.41, 5.74) is 5.98. The van der Waals surface area contributed by atoms with Crippen LogP contribution in [0.5, 0.6) is 0 Å². The van der Waals surface area contributed by atoms with E-state index in [1.165, 1.54) is 13.0 Å². The average molecular weight is 142 g/mol. The smallest absolute Gasteiger partial charge is 0.0244 e. The Bertz CT molecular complexity index is 114. The molecule has 1 rings (SSSR count). The van der Waals surface area contributed by atoms with Gasteiger partial charge in [0.05, 0.1) is 0 Å². The molecule has 1 aliphatic heterocycles. The number of nitrogens with two attached hydrogens (primary N) is 1. The first-order valence-corrected chi connectivity index (χ1v) is 4.12. The monoisotopic (exact) mass is 142 g/mol. The van der Waals surface area contributed by atoms with Crippen molar-refractivity contribution in [1.29, 1.82) is 0 Å². The molecule has 0 spiro atoms. The summed E-state index contributed by atoms with van der Waals surface area (Å²) in [4.78, 5) is 2.37. The van der Waals surface area contributed by atoms with E-state index >= 15 is 0 Å². The van der Waals surface area contributed by atoms with Crippen LogP contribution >= 0.6 is 0 Å². The highest BCUT2D eigenvalue weighted by atomic mass is 15.2. The number of nitrogens with zero attached hydrogens (tertiary/aromatic N) is 1. The lowest BCUT2D eigenvalue weighted by molar-refractivity contribution is 0.290. The van der Waals surface area contributed by atoms with Gasteiger partial charge in [-0.3, -0.25) is 0 Å². The van der Waals surface area contributed by atoms with Gasteiger partial charge in [0.15, 0.2) is 0 Å². The normalized spacial score (nSPS) is 42.6. The van der Waals surface area contributed by atoms with E-state index in [1.54, 1.807) is 0 Å². The van der Waals surface area contributed by atoms with E-state index in [-0.39, 0.29) is 0 Å². The van der Waals surface area contributed by atoms with Crippen LogP contribution in [-0.2, 0) is 0 Å². The van der Waals surface area contributed by atoms with Crippen LogP contribution in [0.25, 0.3) is 0 Å². The van der Waals surface area contributed by atoms with E-state index in [2.05, 4.69) is 25.8 Å². The predicted molar refractivity (Wildman–Crippen MR) is 43.8 cm³/mol. The van der Waals surface area contributed by atoms with Crippen molar-refractivity contribution in [2.24, 2.45) is 11.7 Å². The van der Waals surface area contributed by atoms with E-state index in [0.717, 1.165) is 0 Å². The topological polar surface area (TPSA) is 29.3 Å². The van der Waals surface area contributed by atoms with E-state index in [9.17, 15) is 0 Å². The van der Waals surface area contributed by atoms with Crippen molar-refractivity contribution >= 4 is 0 Å². The Morgan fingerprint density at radius 3 is 2.40 bits per heavy atom. The van der Waals surface area contributed by atoms with Crippen molar-refractivity contribution in [2.75, 3.05) is 13.6 Å². The number of likely N-dealkylation sites (tertiary alicyclic amines) is 1. The summed E-state index contributed by atoms with van der Waals surface area (Å²) in [6.07, 6.45) is 1.18. The first-order valence-electron chi connectivity index (χ1n) is 4.12. The molecule has 10 heavy (non-hydrogen) atoms. The molecule has 60 valence electrons. The van der Waals surface area contributed by atoms with Crippen LogP contribution in [0.1, 0.15) is 20.3 Å². The highest BCUT2D eigenvalue weighted by Crippen LogP contribution is 2.21. The quantitative estimate of drug-likeness (QED) is 0.583. The third kappa shape index (κ3) is 1.18. The zero-order valence-electron chi connectivity index (χ0n) is 7.17. The summed E-state index contributed by atoms with van der Waals surface area (Å²) in [7, 11) is 2.16. The molecule has 0 radical (unpaired) electrons. The zero-order chi connectivity index (χ0) is 7.72. The van der Waals surface area contributed by atoms with Gasteiger partial charge in [-0.1, -0.05) is 13.8 Å². The third-order valence-corrected chi connectivity index (χ3v) is 2.66. The van der Waals surface area contributed by atoms with Gasteiger partial charge in [0, 0.05) is 18.6 Å². The van der Waals surface area contributed by atoms with Gasteiger partial charge in [-0.25, -0.2) is 0 Å². The van der Waals surface area contributed by atoms with Gasteiger partial charge in [-0.2, -0.15) is 0 Å². The van der Waals surface area contributed by atoms with Crippen molar-refractivity contribution in [3.8, 4) is 0 Å². The lowest BCUT2D eigenvalue weighted by Crippen LogP contribution is -2.38.